The number of halogens is 1. The minimum Gasteiger partial charge on any atom is -0.383 e. The van der Waals surface area contributed by atoms with Crippen LogP contribution in [0.2, 0.25) is 0 Å². The van der Waals surface area contributed by atoms with Crippen LogP contribution < -0.4 is 5.32 Å². The largest absolute Gasteiger partial charge is 0.383 e. The molecule has 1 unspecified atom stereocenters. The van der Waals surface area contributed by atoms with Gasteiger partial charge in [-0.3, -0.25) is 4.79 Å². The molecule has 0 radical (unpaired) electrons. The summed E-state index contributed by atoms with van der Waals surface area (Å²) in [4.78, 5) is 12.1. The lowest BCUT2D eigenvalue weighted by Crippen LogP contribution is -2.43. The second-order valence-corrected chi connectivity index (χ2v) is 5.98. The van der Waals surface area contributed by atoms with Gasteiger partial charge in [0.2, 0.25) is 5.91 Å². The number of unbranched alkanes of at least 4 members (excludes halogenated alkanes) is 1. The summed E-state index contributed by atoms with van der Waals surface area (Å²) in [7, 11) is 1.63. The predicted molar refractivity (Wildman–Crippen MR) is 79.5 cm³/mol. The third-order valence-electron chi connectivity index (χ3n) is 4.08. The Balaban J connectivity index is 2.28. The molecule has 1 aliphatic rings. The molecule has 0 spiro atoms. The molecule has 0 aliphatic heterocycles. The Labute approximate surface area is 122 Å². The quantitative estimate of drug-likeness (QED) is 0.696. The summed E-state index contributed by atoms with van der Waals surface area (Å²) >= 11 is 5.81. The number of alkyl halides is 1. The van der Waals surface area contributed by atoms with Crippen molar-refractivity contribution in [1.82, 2.24) is 5.32 Å². The monoisotopic (exact) mass is 289 g/mol. The van der Waals surface area contributed by atoms with Crippen LogP contribution in [-0.4, -0.2) is 31.5 Å². The number of hydrogen-bond acceptors (Lipinski definition) is 2. The van der Waals surface area contributed by atoms with Crippen LogP contribution in [0.15, 0.2) is 0 Å². The number of amides is 1. The van der Waals surface area contributed by atoms with Gasteiger partial charge in [-0.2, -0.15) is 0 Å². The van der Waals surface area contributed by atoms with E-state index in [9.17, 15) is 4.79 Å². The van der Waals surface area contributed by atoms with Gasteiger partial charge in [-0.05, 0) is 31.6 Å². The van der Waals surface area contributed by atoms with E-state index in [2.05, 4.69) is 12.2 Å². The maximum atomic E-state index is 12.1. The van der Waals surface area contributed by atoms with Gasteiger partial charge in [0.1, 0.15) is 0 Å². The van der Waals surface area contributed by atoms with Crippen LogP contribution in [0, 0.1) is 11.8 Å². The molecule has 1 N–H and O–H groups in total. The molecule has 1 rings (SSSR count). The van der Waals surface area contributed by atoms with Crippen molar-refractivity contribution in [3.05, 3.63) is 0 Å². The zero-order valence-corrected chi connectivity index (χ0v) is 13.0. The molecule has 1 fully saturated rings. The molecule has 1 saturated carbocycles. The van der Waals surface area contributed by atoms with Crippen molar-refractivity contribution in [2.24, 2.45) is 11.8 Å². The molecule has 1 atom stereocenters. The lowest BCUT2D eigenvalue weighted by Gasteiger charge is -2.28. The lowest BCUT2D eigenvalue weighted by molar-refractivity contribution is -0.127. The van der Waals surface area contributed by atoms with Gasteiger partial charge in [-0.25, -0.2) is 0 Å². The second kappa shape index (κ2) is 9.60. The van der Waals surface area contributed by atoms with Crippen LogP contribution in [0.1, 0.15) is 51.9 Å². The number of ether oxygens (including phenoxy) is 1. The fourth-order valence-corrected chi connectivity index (χ4v) is 3.02. The number of rotatable bonds is 8. The van der Waals surface area contributed by atoms with E-state index < -0.39 is 0 Å². The molecule has 0 aromatic rings. The highest BCUT2D eigenvalue weighted by molar-refractivity contribution is 6.18. The Morgan fingerprint density at radius 3 is 2.58 bits per heavy atom. The summed E-state index contributed by atoms with van der Waals surface area (Å²) < 4.78 is 5.05. The van der Waals surface area contributed by atoms with Gasteiger partial charge in [-0.1, -0.05) is 26.2 Å². The molecule has 0 aromatic heterocycles. The van der Waals surface area contributed by atoms with Crippen molar-refractivity contribution in [2.75, 3.05) is 19.6 Å². The molecule has 4 heteroatoms. The maximum Gasteiger partial charge on any atom is 0.223 e. The summed E-state index contributed by atoms with van der Waals surface area (Å²) in [6.45, 7) is 2.72. The zero-order valence-electron chi connectivity index (χ0n) is 12.3. The van der Waals surface area contributed by atoms with E-state index in [0.717, 1.165) is 18.8 Å². The molecule has 0 saturated heterocycles. The fraction of sp³-hybridized carbons (Fsp3) is 0.933. The Morgan fingerprint density at radius 2 is 2.05 bits per heavy atom. The Hall–Kier alpha value is -0.280. The van der Waals surface area contributed by atoms with E-state index in [-0.39, 0.29) is 17.9 Å². The topological polar surface area (TPSA) is 38.3 Å². The highest BCUT2D eigenvalue weighted by atomic mass is 35.5. The first kappa shape index (κ1) is 16.8. The molecule has 0 aromatic carbocycles. The van der Waals surface area contributed by atoms with Crippen LogP contribution in [0.5, 0.6) is 0 Å². The summed E-state index contributed by atoms with van der Waals surface area (Å²) in [5, 5.41) is 3.00. The molecule has 112 valence electrons. The zero-order chi connectivity index (χ0) is 14.1. The SMILES string of the molecule is CCCCC1CCC(C(=O)NC(CCl)COC)CC1. The Kier molecular flexibility index (Phi) is 8.47. The predicted octanol–water partition coefficient (Wildman–Crippen LogP) is 3.35. The first-order valence-corrected chi connectivity index (χ1v) is 8.10. The minimum atomic E-state index is -0.0584. The third kappa shape index (κ3) is 6.13. The fourth-order valence-electron chi connectivity index (χ4n) is 2.85. The van der Waals surface area contributed by atoms with Crippen molar-refractivity contribution in [3.8, 4) is 0 Å². The van der Waals surface area contributed by atoms with Gasteiger partial charge in [0, 0.05) is 18.9 Å². The number of methoxy groups -OCH3 is 1. The summed E-state index contributed by atoms with van der Waals surface area (Å²) in [5.74, 6) is 1.59. The number of carbonyl (C=O) groups excluding carboxylic acids is 1. The Bertz CT molecular complexity index is 253. The molecule has 1 aliphatic carbocycles. The van der Waals surface area contributed by atoms with Crippen molar-refractivity contribution in [3.63, 3.8) is 0 Å². The van der Waals surface area contributed by atoms with Crippen molar-refractivity contribution >= 4 is 17.5 Å². The summed E-state index contributed by atoms with van der Waals surface area (Å²) in [6, 6.07) is -0.0584. The standard InChI is InChI=1S/C15H28ClNO2/c1-3-4-5-12-6-8-13(9-7-12)15(18)17-14(10-16)11-19-2/h12-14H,3-11H2,1-2H3,(H,17,18). The summed E-state index contributed by atoms with van der Waals surface area (Å²) in [6.07, 6.45) is 8.39. The second-order valence-electron chi connectivity index (χ2n) is 5.68. The highest BCUT2D eigenvalue weighted by Crippen LogP contribution is 2.32. The van der Waals surface area contributed by atoms with Gasteiger partial charge in [0.05, 0.1) is 12.6 Å². The molecule has 19 heavy (non-hydrogen) atoms. The normalized spacial score (nSPS) is 25.0. The number of hydrogen-bond donors (Lipinski definition) is 1. The van der Waals surface area contributed by atoms with Gasteiger partial charge in [0.25, 0.3) is 0 Å². The van der Waals surface area contributed by atoms with Crippen molar-refractivity contribution in [1.29, 1.82) is 0 Å². The molecule has 0 heterocycles. The average molecular weight is 290 g/mol. The Morgan fingerprint density at radius 1 is 1.37 bits per heavy atom. The van der Waals surface area contributed by atoms with E-state index in [1.165, 1.54) is 32.1 Å². The lowest BCUT2D eigenvalue weighted by atomic mass is 9.79. The molecular formula is C15H28ClNO2. The first-order valence-electron chi connectivity index (χ1n) is 7.56. The van der Waals surface area contributed by atoms with Gasteiger partial charge in [0.15, 0.2) is 0 Å². The van der Waals surface area contributed by atoms with Crippen LogP contribution >= 0.6 is 11.6 Å². The van der Waals surface area contributed by atoms with Gasteiger partial charge < -0.3 is 10.1 Å². The van der Waals surface area contributed by atoms with Crippen LogP contribution in [0.25, 0.3) is 0 Å². The van der Waals surface area contributed by atoms with E-state index in [1.807, 2.05) is 0 Å². The highest BCUT2D eigenvalue weighted by Gasteiger charge is 2.27. The van der Waals surface area contributed by atoms with Crippen LogP contribution in [0.4, 0.5) is 0 Å². The smallest absolute Gasteiger partial charge is 0.223 e. The van der Waals surface area contributed by atoms with Crippen LogP contribution in [0.3, 0.4) is 0 Å². The van der Waals surface area contributed by atoms with Crippen molar-refractivity contribution < 1.29 is 9.53 Å². The summed E-state index contributed by atoms with van der Waals surface area (Å²) in [5.41, 5.74) is 0. The molecule has 3 nitrogen and oxygen atoms in total. The van der Waals surface area contributed by atoms with Crippen LogP contribution in [-0.2, 0) is 9.53 Å². The minimum absolute atomic E-state index is 0.0584. The van der Waals surface area contributed by atoms with Crippen molar-refractivity contribution in [2.45, 2.75) is 57.9 Å². The van der Waals surface area contributed by atoms with E-state index in [4.69, 9.17) is 16.3 Å². The van der Waals surface area contributed by atoms with E-state index in [0.29, 0.717) is 12.5 Å². The van der Waals surface area contributed by atoms with E-state index in [1.54, 1.807) is 7.11 Å². The number of carbonyl (C=O) groups is 1. The van der Waals surface area contributed by atoms with Gasteiger partial charge in [-0.15, -0.1) is 11.6 Å². The molecular weight excluding hydrogens is 262 g/mol. The number of nitrogens with one attached hydrogen (secondary N) is 1. The average Bonchev–Trinajstić information content (AvgIpc) is 2.45. The third-order valence-corrected chi connectivity index (χ3v) is 4.46. The first-order chi connectivity index (χ1) is 9.21. The van der Waals surface area contributed by atoms with E-state index >= 15 is 0 Å². The molecule has 1 amide bonds. The maximum absolute atomic E-state index is 12.1. The van der Waals surface area contributed by atoms with Gasteiger partial charge >= 0.3 is 0 Å². The molecule has 0 bridgehead atoms.